The number of hydrogen-bond acceptors (Lipinski definition) is 7. The lowest BCUT2D eigenvalue weighted by molar-refractivity contribution is -0.142. The maximum Gasteiger partial charge on any atom is 0.407 e. The van der Waals surface area contributed by atoms with Gasteiger partial charge in [0.1, 0.15) is 6.54 Å². The largest absolute Gasteiger partial charge is 0.480 e. The van der Waals surface area contributed by atoms with Crippen molar-refractivity contribution in [1.82, 2.24) is 20.0 Å². The van der Waals surface area contributed by atoms with E-state index in [0.29, 0.717) is 4.90 Å². The van der Waals surface area contributed by atoms with Crippen LogP contribution in [-0.4, -0.2) is 124 Å². The molecule has 0 unspecified atom stereocenters. The van der Waals surface area contributed by atoms with Gasteiger partial charge >= 0.3 is 24.0 Å². The van der Waals surface area contributed by atoms with Gasteiger partial charge in [-0.05, 0) is 0 Å². The van der Waals surface area contributed by atoms with Crippen molar-refractivity contribution in [2.45, 2.75) is 13.8 Å². The summed E-state index contributed by atoms with van der Waals surface area (Å²) in [6.45, 7) is 1.98. The molecule has 0 fully saturated rings. The fourth-order valence-corrected chi connectivity index (χ4v) is 2.10. The Bertz CT molecular complexity index is 541. The van der Waals surface area contributed by atoms with Gasteiger partial charge in [-0.25, -0.2) is 4.79 Å². The monoisotopic (exact) mass is 422 g/mol. The summed E-state index contributed by atoms with van der Waals surface area (Å²) in [5.74, 6) is -4.15. The van der Waals surface area contributed by atoms with Crippen LogP contribution in [0.4, 0.5) is 4.79 Å². The zero-order chi connectivity index (χ0) is 23.0. The molecule has 0 aromatic heterocycles. The summed E-state index contributed by atoms with van der Waals surface area (Å²) in [5.41, 5.74) is 0. The Hall–Kier alpha value is -2.93. The van der Waals surface area contributed by atoms with E-state index in [9.17, 15) is 24.0 Å². The predicted octanol–water partition coefficient (Wildman–Crippen LogP) is -1.40. The van der Waals surface area contributed by atoms with Crippen LogP contribution in [0.25, 0.3) is 0 Å². The van der Waals surface area contributed by atoms with Crippen LogP contribution in [0.1, 0.15) is 13.8 Å². The van der Waals surface area contributed by atoms with Crippen LogP contribution in [0.5, 0.6) is 0 Å². The topological polar surface area (TPSA) is 188 Å². The molecule has 29 heavy (non-hydrogen) atoms. The molecule has 0 saturated heterocycles. The number of hydrogen-bond donors (Lipinski definition) is 5. The lowest BCUT2D eigenvalue weighted by Gasteiger charge is -2.27. The van der Waals surface area contributed by atoms with E-state index in [4.69, 9.17) is 20.4 Å². The summed E-state index contributed by atoms with van der Waals surface area (Å²) >= 11 is 0. The van der Waals surface area contributed by atoms with Crippen molar-refractivity contribution in [3.8, 4) is 0 Å². The zero-order valence-corrected chi connectivity index (χ0v) is 16.8. The molecule has 5 N–H and O–H groups in total. The molecule has 2 amide bonds. The first-order chi connectivity index (χ1) is 13.5. The number of carboxylic acids is 3. The molecule has 0 rings (SSSR count). The number of carboxylic acid groups (broad SMARTS) is 4. The first-order valence-electron chi connectivity index (χ1n) is 8.83. The maximum absolute atomic E-state index is 11.6. The Labute approximate surface area is 168 Å². The van der Waals surface area contributed by atoms with Gasteiger partial charge < -0.3 is 25.7 Å². The third-order valence-corrected chi connectivity index (χ3v) is 3.38. The quantitative estimate of drug-likeness (QED) is 0.221. The number of nitrogens with one attached hydrogen (secondary N) is 1. The van der Waals surface area contributed by atoms with E-state index in [1.165, 1.54) is 11.9 Å². The van der Waals surface area contributed by atoms with Crippen molar-refractivity contribution in [3.05, 3.63) is 0 Å². The number of nitrogens with zero attached hydrogens (tertiary/aromatic N) is 3. The molecule has 0 aliphatic carbocycles. The second kappa shape index (κ2) is 16.1. The van der Waals surface area contributed by atoms with Crippen LogP contribution in [0.3, 0.4) is 0 Å². The van der Waals surface area contributed by atoms with Gasteiger partial charge in [0.2, 0.25) is 5.91 Å². The number of likely N-dealkylation sites (N-methyl/N-ethyl adjacent to an activating group) is 1. The Morgan fingerprint density at radius 3 is 1.45 bits per heavy atom. The molecular weight excluding hydrogens is 392 g/mol. The predicted molar refractivity (Wildman–Crippen MR) is 101 cm³/mol. The minimum absolute atomic E-state index is 0.000975. The molecule has 0 aromatic carbocycles. The third kappa shape index (κ3) is 15.8. The fraction of sp³-hybridized carbons (Fsp3) is 0.688. The van der Waals surface area contributed by atoms with Gasteiger partial charge in [-0.3, -0.25) is 33.9 Å². The highest BCUT2D eigenvalue weighted by Crippen LogP contribution is 1.97. The summed E-state index contributed by atoms with van der Waals surface area (Å²) < 4.78 is 0. The minimum atomic E-state index is -1.43. The van der Waals surface area contributed by atoms with E-state index in [2.05, 4.69) is 5.32 Å². The molecule has 0 aliphatic heterocycles. The first kappa shape index (κ1) is 28.3. The molecule has 13 nitrogen and oxygen atoms in total. The molecular formula is C16H30N4O9. The number of carbonyl (C=O) groups is 5. The van der Waals surface area contributed by atoms with E-state index < -0.39 is 49.5 Å². The van der Waals surface area contributed by atoms with Gasteiger partial charge in [0.05, 0.1) is 19.6 Å². The van der Waals surface area contributed by atoms with Crippen LogP contribution in [0.15, 0.2) is 0 Å². The van der Waals surface area contributed by atoms with Crippen LogP contribution in [-0.2, 0) is 19.2 Å². The number of rotatable bonds is 14. The normalized spacial score (nSPS) is 10.1. The van der Waals surface area contributed by atoms with Crippen molar-refractivity contribution in [3.63, 3.8) is 0 Å². The number of carbonyl (C=O) groups excluding carboxylic acids is 1. The summed E-state index contributed by atoms with van der Waals surface area (Å²) in [6, 6.07) is 0. The molecule has 0 atom stereocenters. The molecule has 13 heteroatoms. The van der Waals surface area contributed by atoms with Crippen LogP contribution in [0.2, 0.25) is 0 Å². The SMILES string of the molecule is CC.CNC(=O)CN(CCN(CC(=O)O)CC(=O)O)CCN(CC(=O)O)C(=O)O. The lowest BCUT2D eigenvalue weighted by atomic mass is 10.3. The summed E-state index contributed by atoms with van der Waals surface area (Å²) in [7, 11) is 1.40. The number of amides is 2. The highest BCUT2D eigenvalue weighted by Gasteiger charge is 2.20. The van der Waals surface area contributed by atoms with Crippen molar-refractivity contribution in [2.75, 3.05) is 59.4 Å². The molecule has 0 aliphatic rings. The van der Waals surface area contributed by atoms with Crippen molar-refractivity contribution >= 4 is 29.9 Å². The van der Waals surface area contributed by atoms with Crippen LogP contribution in [0, 0.1) is 0 Å². The molecule has 0 spiro atoms. The standard InChI is InChI=1S/C14H24N4O9.C2H6/c1-15-10(19)6-16(4-5-18(14(26)27)9-13(24)25)2-3-17(7-11(20)21)8-12(22)23;1-2/h2-9H2,1H3,(H,15,19)(H,20,21)(H,22,23)(H,24,25)(H,26,27);1-2H3. The first-order valence-corrected chi connectivity index (χ1v) is 8.83. The fourth-order valence-electron chi connectivity index (χ4n) is 2.10. The van der Waals surface area contributed by atoms with E-state index in [-0.39, 0.29) is 32.7 Å². The Kier molecular flexibility index (Phi) is 15.7. The second-order valence-electron chi connectivity index (χ2n) is 5.55. The van der Waals surface area contributed by atoms with Gasteiger partial charge in [-0.1, -0.05) is 13.8 Å². The second-order valence-corrected chi connectivity index (χ2v) is 5.55. The van der Waals surface area contributed by atoms with E-state index >= 15 is 0 Å². The molecule has 168 valence electrons. The van der Waals surface area contributed by atoms with E-state index in [0.717, 1.165) is 4.90 Å². The molecule has 0 heterocycles. The van der Waals surface area contributed by atoms with Crippen LogP contribution >= 0.6 is 0 Å². The van der Waals surface area contributed by atoms with Gasteiger partial charge in [-0.15, -0.1) is 0 Å². The average molecular weight is 422 g/mol. The van der Waals surface area contributed by atoms with Gasteiger partial charge in [0, 0.05) is 33.2 Å². The Morgan fingerprint density at radius 2 is 1.07 bits per heavy atom. The van der Waals surface area contributed by atoms with Crippen molar-refractivity contribution < 1.29 is 44.4 Å². The lowest BCUT2D eigenvalue weighted by Crippen LogP contribution is -2.46. The smallest absolute Gasteiger partial charge is 0.407 e. The molecule has 0 aromatic rings. The van der Waals surface area contributed by atoms with Gasteiger partial charge in [0.25, 0.3) is 0 Å². The Morgan fingerprint density at radius 1 is 0.655 bits per heavy atom. The van der Waals surface area contributed by atoms with Gasteiger partial charge in [-0.2, -0.15) is 0 Å². The zero-order valence-electron chi connectivity index (χ0n) is 16.8. The highest BCUT2D eigenvalue weighted by atomic mass is 16.4. The summed E-state index contributed by atoms with van der Waals surface area (Å²) in [5, 5.41) is 37.8. The van der Waals surface area contributed by atoms with Crippen molar-refractivity contribution in [2.24, 2.45) is 0 Å². The third-order valence-electron chi connectivity index (χ3n) is 3.38. The minimum Gasteiger partial charge on any atom is -0.480 e. The van der Waals surface area contributed by atoms with E-state index in [1.807, 2.05) is 13.8 Å². The summed E-state index contributed by atoms with van der Waals surface area (Å²) in [6.07, 6.45) is -1.43. The average Bonchev–Trinajstić information content (AvgIpc) is 2.62. The highest BCUT2D eigenvalue weighted by molar-refractivity contribution is 5.78. The van der Waals surface area contributed by atoms with Crippen molar-refractivity contribution in [1.29, 1.82) is 0 Å². The van der Waals surface area contributed by atoms with Crippen LogP contribution < -0.4 is 5.32 Å². The maximum atomic E-state index is 11.6. The van der Waals surface area contributed by atoms with E-state index in [1.54, 1.807) is 0 Å². The molecule has 0 bridgehead atoms. The Balaban J connectivity index is 0. The number of aliphatic carboxylic acids is 3. The molecule has 0 radical (unpaired) electrons. The summed E-state index contributed by atoms with van der Waals surface area (Å²) in [4.78, 5) is 58.3. The molecule has 0 saturated carbocycles. The van der Waals surface area contributed by atoms with Gasteiger partial charge in [0.15, 0.2) is 0 Å².